The fourth-order valence-corrected chi connectivity index (χ4v) is 0.323. The van der Waals surface area contributed by atoms with Gasteiger partial charge in [-0.15, -0.1) is 0 Å². The van der Waals surface area contributed by atoms with Gasteiger partial charge in [0.25, 0.3) is 0 Å². The van der Waals surface area contributed by atoms with Crippen molar-refractivity contribution in [2.45, 2.75) is 0 Å². The van der Waals surface area contributed by atoms with Gasteiger partial charge in [0, 0.05) is 10.6 Å². The number of cyclic esters (lactones) is 2. The molecule has 0 aromatic rings. The highest BCUT2D eigenvalue weighted by atomic mass is 19.3. The number of rotatable bonds is 1. The first-order valence-electron chi connectivity index (χ1n) is 2.95. The van der Waals surface area contributed by atoms with E-state index < -0.39 is 12.1 Å². The highest BCUT2D eigenvalue weighted by Crippen LogP contribution is 1.92. The van der Waals surface area contributed by atoms with Crippen molar-refractivity contribution in [2.24, 2.45) is 0 Å². The van der Waals surface area contributed by atoms with E-state index in [0.717, 1.165) is 6.08 Å². The maximum absolute atomic E-state index is 10.5. The van der Waals surface area contributed by atoms with Crippen molar-refractivity contribution in [3.63, 3.8) is 0 Å². The van der Waals surface area contributed by atoms with Crippen molar-refractivity contribution >= 4 is 12.1 Å². The summed E-state index contributed by atoms with van der Waals surface area (Å²) in [5, 5.41) is 0. The molecule has 1 aliphatic heterocycles. The first-order valence-corrected chi connectivity index (χ1v) is 2.95. The molecule has 0 spiro atoms. The Bertz CT molecular complexity index is 171. The van der Waals surface area contributed by atoms with Crippen molar-refractivity contribution in [1.29, 1.82) is 0 Å². The van der Waals surface area contributed by atoms with Crippen molar-refractivity contribution < 1.29 is 28.5 Å². The third kappa shape index (κ3) is 5.21. The summed E-state index contributed by atoms with van der Waals surface area (Å²) in [5.74, 6) is -1.06. The molecule has 1 rings (SSSR count). The second kappa shape index (κ2) is 6.14. The van der Waals surface area contributed by atoms with Gasteiger partial charge in [-0.2, -0.15) is 0 Å². The summed E-state index contributed by atoms with van der Waals surface area (Å²) in [5.41, 5.74) is 0. The molecule has 1 heterocycles. The zero-order chi connectivity index (χ0) is 9.40. The van der Waals surface area contributed by atoms with Crippen LogP contribution in [0.3, 0.4) is 0 Å². The summed E-state index contributed by atoms with van der Waals surface area (Å²) in [6, 6.07) is 0. The number of hydrogen-bond acceptors (Lipinski definition) is 5. The van der Waals surface area contributed by atoms with E-state index >= 15 is 0 Å². The van der Waals surface area contributed by atoms with E-state index in [9.17, 15) is 14.1 Å². The lowest BCUT2D eigenvalue weighted by molar-refractivity contribution is -0.176. The number of hydrogen-bond donors (Lipinski definition) is 0. The van der Waals surface area contributed by atoms with Crippen LogP contribution in [0.15, 0.2) is 12.7 Å². The van der Waals surface area contributed by atoms with Crippen LogP contribution in [0.25, 0.3) is 0 Å². The van der Waals surface area contributed by atoms with Gasteiger partial charge in [-0.3, -0.25) is 4.94 Å². The first-order chi connectivity index (χ1) is 5.70. The lowest BCUT2D eigenvalue weighted by Crippen LogP contribution is -1.88. The minimum absolute atomic E-state index is 0.416. The molecule has 0 atom stereocenters. The van der Waals surface area contributed by atoms with Gasteiger partial charge < -0.3 is 9.47 Å². The van der Waals surface area contributed by atoms with Gasteiger partial charge >= 0.3 is 12.1 Å². The van der Waals surface area contributed by atoms with Crippen molar-refractivity contribution in [3.8, 4) is 0 Å². The molecule has 0 unspecified atom stereocenters. The maximum Gasteiger partial charge on any atom is 0.508 e. The average Bonchev–Trinajstić information content (AvgIpc) is 2.55. The molecule has 5 nitrogen and oxygen atoms in total. The van der Waals surface area contributed by atoms with Gasteiger partial charge in [-0.1, -0.05) is 6.58 Å². The van der Waals surface area contributed by atoms with Crippen LogP contribution in [0.2, 0.25) is 0 Å². The molecule has 0 aliphatic carbocycles. The molecule has 0 saturated carbocycles. The monoisotopic (exact) mass is 178 g/mol. The van der Waals surface area contributed by atoms with Crippen molar-refractivity contribution in [2.75, 3.05) is 13.2 Å². The van der Waals surface area contributed by atoms with Crippen LogP contribution in [0.5, 0.6) is 0 Å². The molecular formula is C6H7FO5. The Morgan fingerprint density at radius 3 is 2.17 bits per heavy atom. The van der Waals surface area contributed by atoms with Crippen LogP contribution in [0, 0.1) is 0 Å². The Labute approximate surface area is 67.6 Å². The molecule has 1 fully saturated rings. The summed E-state index contributed by atoms with van der Waals surface area (Å²) in [6.07, 6.45) is 0.190. The zero-order valence-electron chi connectivity index (χ0n) is 6.12. The molecular weight excluding hydrogens is 171 g/mol. The van der Waals surface area contributed by atoms with Crippen LogP contribution in [0.1, 0.15) is 0 Å². The topological polar surface area (TPSA) is 61.8 Å². The zero-order valence-corrected chi connectivity index (χ0v) is 6.12. The lowest BCUT2D eigenvalue weighted by Gasteiger charge is -1.78. The standard InChI is InChI=1S/C3H3FO2.C3H4O3/c1-2-3(5)6-4;4-3-5-1-2-6-3/h2H,1H2;1-2H2. The lowest BCUT2D eigenvalue weighted by atomic mass is 10.7. The van der Waals surface area contributed by atoms with Crippen LogP contribution < -0.4 is 0 Å². The van der Waals surface area contributed by atoms with Gasteiger partial charge in [0.15, 0.2) is 0 Å². The van der Waals surface area contributed by atoms with E-state index in [1.54, 1.807) is 0 Å². The number of carbonyl (C=O) groups excluding carboxylic acids is 2. The first kappa shape index (κ1) is 10.4. The van der Waals surface area contributed by atoms with Gasteiger partial charge in [0.05, 0.1) is 0 Å². The van der Waals surface area contributed by atoms with E-state index in [-0.39, 0.29) is 0 Å². The molecule has 0 radical (unpaired) electrons. The molecule has 0 aromatic heterocycles. The average molecular weight is 178 g/mol. The Morgan fingerprint density at radius 2 is 2.08 bits per heavy atom. The summed E-state index contributed by atoms with van der Waals surface area (Å²) in [7, 11) is 0. The summed E-state index contributed by atoms with van der Waals surface area (Å²) >= 11 is 0. The van der Waals surface area contributed by atoms with Gasteiger partial charge in [-0.25, -0.2) is 9.59 Å². The number of ether oxygens (including phenoxy) is 2. The molecule has 0 bridgehead atoms. The second-order valence-electron chi connectivity index (χ2n) is 1.55. The Kier molecular flexibility index (Phi) is 5.33. The third-order valence-electron chi connectivity index (χ3n) is 0.766. The van der Waals surface area contributed by atoms with Gasteiger partial charge in [0.2, 0.25) is 0 Å². The summed E-state index contributed by atoms with van der Waals surface area (Å²) < 4.78 is 19.0. The molecule has 1 aliphatic rings. The van der Waals surface area contributed by atoms with Crippen LogP contribution in [0.4, 0.5) is 9.32 Å². The molecule has 6 heteroatoms. The smallest absolute Gasteiger partial charge is 0.431 e. The highest BCUT2D eigenvalue weighted by molar-refractivity contribution is 5.80. The van der Waals surface area contributed by atoms with E-state index in [1.165, 1.54) is 0 Å². The van der Waals surface area contributed by atoms with Crippen LogP contribution in [-0.4, -0.2) is 25.3 Å². The molecule has 1 saturated heterocycles. The number of carbonyl (C=O) groups is 2. The number of halogens is 1. The van der Waals surface area contributed by atoms with Crippen molar-refractivity contribution in [3.05, 3.63) is 12.7 Å². The van der Waals surface area contributed by atoms with E-state index in [4.69, 9.17) is 0 Å². The van der Waals surface area contributed by atoms with E-state index in [0.29, 0.717) is 13.2 Å². The minimum atomic E-state index is -1.06. The Morgan fingerprint density at radius 1 is 1.58 bits per heavy atom. The Balaban J connectivity index is 0.000000202. The minimum Gasteiger partial charge on any atom is -0.431 e. The SMILES string of the molecule is C=CC(=O)OF.O=C1OCCO1. The molecule has 12 heavy (non-hydrogen) atoms. The van der Waals surface area contributed by atoms with Crippen molar-refractivity contribution in [1.82, 2.24) is 0 Å². The van der Waals surface area contributed by atoms with Gasteiger partial charge in [-0.05, 0) is 0 Å². The summed E-state index contributed by atoms with van der Waals surface area (Å²) in [6.45, 7) is 3.75. The predicted octanol–water partition coefficient (Wildman–Crippen LogP) is 0.753. The molecule has 0 amide bonds. The largest absolute Gasteiger partial charge is 0.508 e. The fraction of sp³-hybridized carbons (Fsp3) is 0.333. The van der Waals surface area contributed by atoms with Crippen LogP contribution >= 0.6 is 0 Å². The van der Waals surface area contributed by atoms with Crippen LogP contribution in [-0.2, 0) is 19.2 Å². The third-order valence-corrected chi connectivity index (χ3v) is 0.766. The summed E-state index contributed by atoms with van der Waals surface area (Å²) in [4.78, 5) is 21.9. The maximum atomic E-state index is 10.5. The van der Waals surface area contributed by atoms with Gasteiger partial charge in [0.1, 0.15) is 13.2 Å². The highest BCUT2D eigenvalue weighted by Gasteiger charge is 2.09. The Hall–Kier alpha value is -1.59. The second-order valence-corrected chi connectivity index (χ2v) is 1.55. The normalized spacial score (nSPS) is 13.2. The predicted molar refractivity (Wildman–Crippen MR) is 34.7 cm³/mol. The fourth-order valence-electron chi connectivity index (χ4n) is 0.323. The quantitative estimate of drug-likeness (QED) is 0.438. The molecule has 68 valence electrons. The van der Waals surface area contributed by atoms with E-state index in [2.05, 4.69) is 21.0 Å². The molecule has 0 N–H and O–H groups in total. The molecule has 0 aromatic carbocycles. The van der Waals surface area contributed by atoms with E-state index in [1.807, 2.05) is 0 Å².